The van der Waals surface area contributed by atoms with E-state index < -0.39 is 48.2 Å². The van der Waals surface area contributed by atoms with Crippen molar-refractivity contribution in [1.29, 1.82) is 0 Å². The monoisotopic (exact) mass is 572 g/mol. The molecule has 10 nitrogen and oxygen atoms in total. The van der Waals surface area contributed by atoms with Crippen LogP contribution in [0.15, 0.2) is 30.3 Å². The fraction of sp³-hybridized carbons (Fsp3) is 0.677. The largest absolute Gasteiger partial charge is 0.391 e. The smallest absolute Gasteiger partial charge is 0.245 e. The van der Waals surface area contributed by atoms with Crippen LogP contribution in [0.3, 0.4) is 0 Å². The highest BCUT2D eigenvalue weighted by Gasteiger charge is 2.39. The molecule has 2 aliphatic rings. The number of piperidine rings is 1. The van der Waals surface area contributed by atoms with Crippen molar-refractivity contribution < 1.29 is 29.4 Å². The number of hydrogen-bond acceptors (Lipinski definition) is 6. The van der Waals surface area contributed by atoms with Gasteiger partial charge in [-0.3, -0.25) is 19.2 Å². The Morgan fingerprint density at radius 3 is 2.17 bits per heavy atom. The van der Waals surface area contributed by atoms with Crippen molar-refractivity contribution in [2.45, 2.75) is 121 Å². The molecule has 0 radical (unpaired) electrons. The molecule has 4 amide bonds. The number of nitrogens with zero attached hydrogens (tertiary/aromatic N) is 1. The molecule has 6 atom stereocenters. The van der Waals surface area contributed by atoms with Crippen LogP contribution in [0.2, 0.25) is 0 Å². The number of carbonyl (C=O) groups is 4. The Morgan fingerprint density at radius 1 is 0.829 bits per heavy atom. The van der Waals surface area contributed by atoms with E-state index in [-0.39, 0.29) is 24.2 Å². The summed E-state index contributed by atoms with van der Waals surface area (Å²) in [7, 11) is 0. The summed E-state index contributed by atoms with van der Waals surface area (Å²) in [6.07, 6.45) is 3.88. The molecule has 10 heteroatoms. The quantitative estimate of drug-likeness (QED) is 0.256. The molecule has 0 bridgehead atoms. The summed E-state index contributed by atoms with van der Waals surface area (Å²) >= 11 is 0. The zero-order valence-electron chi connectivity index (χ0n) is 24.7. The van der Waals surface area contributed by atoms with Gasteiger partial charge in [-0.05, 0) is 56.9 Å². The molecule has 228 valence electrons. The molecule has 41 heavy (non-hydrogen) atoms. The number of hydrogen-bond donors (Lipinski definition) is 5. The van der Waals surface area contributed by atoms with Crippen molar-refractivity contribution in [3.8, 4) is 0 Å². The molecule has 4 unspecified atom stereocenters. The van der Waals surface area contributed by atoms with Gasteiger partial charge in [0, 0.05) is 13.0 Å². The summed E-state index contributed by atoms with van der Waals surface area (Å²) in [5.74, 6) is -1.34. The summed E-state index contributed by atoms with van der Waals surface area (Å²) in [5.41, 5.74) is 0.861. The SMILES string of the molecule is CC(C)C[C@@H]1NC(=O)C(Cc2ccccc2)NC(=O)C(CCCCCC(O)C(C)O)NC(=O)[C@@H]2CCCCN2C1=O. The molecular weight excluding hydrogens is 524 g/mol. The maximum absolute atomic E-state index is 13.8. The molecule has 2 aliphatic heterocycles. The van der Waals surface area contributed by atoms with Crippen LogP contribution in [0.25, 0.3) is 0 Å². The lowest BCUT2D eigenvalue weighted by Gasteiger charge is -2.39. The summed E-state index contributed by atoms with van der Waals surface area (Å²) in [5, 5.41) is 28.1. The molecule has 2 heterocycles. The van der Waals surface area contributed by atoms with E-state index in [1.165, 1.54) is 0 Å². The molecule has 2 saturated heterocycles. The first-order chi connectivity index (χ1) is 19.6. The Balaban J connectivity index is 1.85. The topological polar surface area (TPSA) is 148 Å². The number of rotatable bonds is 11. The Bertz CT molecular complexity index is 1020. The lowest BCUT2D eigenvalue weighted by atomic mass is 9.95. The van der Waals surface area contributed by atoms with E-state index >= 15 is 0 Å². The second-order valence-corrected chi connectivity index (χ2v) is 12.0. The number of fused-ring (bicyclic) bond motifs is 1. The van der Waals surface area contributed by atoms with Crippen LogP contribution in [0, 0.1) is 5.92 Å². The molecular formula is C31H48N4O6. The third-order valence-corrected chi connectivity index (χ3v) is 8.01. The Labute approximate surface area is 243 Å². The third kappa shape index (κ3) is 9.81. The van der Waals surface area contributed by atoms with Crippen LogP contribution in [0.1, 0.15) is 84.1 Å². The molecule has 0 aromatic heterocycles. The van der Waals surface area contributed by atoms with Crippen LogP contribution in [-0.4, -0.2) is 81.7 Å². The fourth-order valence-electron chi connectivity index (χ4n) is 5.62. The van der Waals surface area contributed by atoms with Gasteiger partial charge in [0.25, 0.3) is 0 Å². The van der Waals surface area contributed by atoms with Gasteiger partial charge in [0.05, 0.1) is 12.2 Å². The van der Waals surface area contributed by atoms with Crippen LogP contribution >= 0.6 is 0 Å². The van der Waals surface area contributed by atoms with Gasteiger partial charge in [-0.2, -0.15) is 0 Å². The Kier molecular flexibility index (Phi) is 12.6. The van der Waals surface area contributed by atoms with Crippen molar-refractivity contribution in [1.82, 2.24) is 20.9 Å². The second-order valence-electron chi connectivity index (χ2n) is 12.0. The van der Waals surface area contributed by atoms with Gasteiger partial charge >= 0.3 is 0 Å². The van der Waals surface area contributed by atoms with E-state index in [4.69, 9.17) is 0 Å². The fourth-order valence-corrected chi connectivity index (χ4v) is 5.62. The van der Waals surface area contributed by atoms with Crippen molar-refractivity contribution in [3.05, 3.63) is 35.9 Å². The number of benzene rings is 1. The molecule has 2 fully saturated rings. The predicted octanol–water partition coefficient (Wildman–Crippen LogP) is 1.82. The van der Waals surface area contributed by atoms with Gasteiger partial charge < -0.3 is 31.1 Å². The number of carbonyl (C=O) groups excluding carboxylic acids is 4. The summed E-state index contributed by atoms with van der Waals surface area (Å²) in [6, 6.07) is 6.08. The number of nitrogens with one attached hydrogen (secondary N) is 3. The average Bonchev–Trinajstić information content (AvgIpc) is 2.94. The first kappa shape index (κ1) is 32.5. The molecule has 1 aromatic rings. The maximum atomic E-state index is 13.8. The van der Waals surface area contributed by atoms with Crippen molar-refractivity contribution in [3.63, 3.8) is 0 Å². The number of amides is 4. The molecule has 3 rings (SSSR count). The van der Waals surface area contributed by atoms with Gasteiger partial charge in [-0.25, -0.2) is 0 Å². The van der Waals surface area contributed by atoms with Crippen LogP contribution in [0.4, 0.5) is 0 Å². The molecule has 1 aromatic carbocycles. The minimum absolute atomic E-state index is 0.127. The van der Waals surface area contributed by atoms with Gasteiger partial charge in [0.2, 0.25) is 23.6 Å². The zero-order valence-corrected chi connectivity index (χ0v) is 24.7. The first-order valence-electron chi connectivity index (χ1n) is 15.2. The van der Waals surface area contributed by atoms with Crippen molar-refractivity contribution in [2.75, 3.05) is 6.54 Å². The lowest BCUT2D eigenvalue weighted by Crippen LogP contribution is -2.63. The van der Waals surface area contributed by atoms with E-state index in [0.717, 1.165) is 18.4 Å². The van der Waals surface area contributed by atoms with Crippen LogP contribution < -0.4 is 16.0 Å². The molecule has 5 N–H and O–H groups in total. The summed E-state index contributed by atoms with van der Waals surface area (Å²) in [6.45, 7) is 5.93. The minimum Gasteiger partial charge on any atom is -0.391 e. The van der Waals surface area contributed by atoms with Gasteiger partial charge in [-0.1, -0.05) is 63.4 Å². The van der Waals surface area contributed by atoms with Gasteiger partial charge in [0.1, 0.15) is 24.2 Å². The first-order valence-corrected chi connectivity index (χ1v) is 15.2. The highest BCUT2D eigenvalue weighted by atomic mass is 16.3. The highest BCUT2D eigenvalue weighted by Crippen LogP contribution is 2.21. The third-order valence-electron chi connectivity index (χ3n) is 8.01. The number of aliphatic hydroxyl groups excluding tert-OH is 2. The number of aliphatic hydroxyl groups is 2. The van der Waals surface area contributed by atoms with E-state index in [2.05, 4.69) is 16.0 Å². The Morgan fingerprint density at radius 2 is 1.49 bits per heavy atom. The van der Waals surface area contributed by atoms with Crippen molar-refractivity contribution in [2.24, 2.45) is 5.92 Å². The van der Waals surface area contributed by atoms with E-state index in [1.54, 1.807) is 11.8 Å². The van der Waals surface area contributed by atoms with E-state index in [1.807, 2.05) is 44.2 Å². The van der Waals surface area contributed by atoms with Crippen molar-refractivity contribution >= 4 is 23.6 Å². The summed E-state index contributed by atoms with van der Waals surface area (Å²) < 4.78 is 0. The predicted molar refractivity (Wildman–Crippen MR) is 156 cm³/mol. The molecule has 0 saturated carbocycles. The standard InChI is InChI=1S/C31H48N4O6/c1-20(2)18-25-31(41)35-17-11-10-15-26(35)30(40)32-23(14-8-5-9-16-27(37)21(3)36)28(38)33-24(29(39)34-25)19-22-12-6-4-7-13-22/h4,6-7,12-13,20-21,23-27,36-37H,5,8-11,14-19H2,1-3H3,(H,32,40)(H,33,38)(H,34,39)/t21?,23?,24?,25-,26-,27?/m0/s1. The Hall–Kier alpha value is -2.98. The van der Waals surface area contributed by atoms with Crippen LogP contribution in [-0.2, 0) is 25.6 Å². The van der Waals surface area contributed by atoms with Gasteiger partial charge in [-0.15, -0.1) is 0 Å². The van der Waals surface area contributed by atoms with Crippen LogP contribution in [0.5, 0.6) is 0 Å². The lowest BCUT2D eigenvalue weighted by molar-refractivity contribution is -0.147. The average molecular weight is 573 g/mol. The molecule has 0 aliphatic carbocycles. The van der Waals surface area contributed by atoms with E-state index in [0.29, 0.717) is 51.5 Å². The molecule has 0 spiro atoms. The zero-order chi connectivity index (χ0) is 29.9. The maximum Gasteiger partial charge on any atom is 0.245 e. The minimum atomic E-state index is -0.926. The van der Waals surface area contributed by atoms with Gasteiger partial charge in [0.15, 0.2) is 0 Å². The highest BCUT2D eigenvalue weighted by molar-refractivity contribution is 5.97. The summed E-state index contributed by atoms with van der Waals surface area (Å²) in [4.78, 5) is 56.2. The van der Waals surface area contributed by atoms with E-state index in [9.17, 15) is 29.4 Å². The normalized spacial score (nSPS) is 25.8. The number of unbranched alkanes of at least 4 members (excludes halogenated alkanes) is 2. The second kappa shape index (κ2) is 15.9.